The average Bonchev–Trinajstić information content (AvgIpc) is 2.79. The molecular formula is C15H16N2O4S. The van der Waals surface area contributed by atoms with Gasteiger partial charge in [0.15, 0.2) is 0 Å². The highest BCUT2D eigenvalue weighted by molar-refractivity contribution is 7.11. The fourth-order valence-corrected chi connectivity index (χ4v) is 2.63. The summed E-state index contributed by atoms with van der Waals surface area (Å²) in [5.41, 5.74) is 1.06. The third kappa shape index (κ3) is 3.43. The molecule has 116 valence electrons. The lowest BCUT2D eigenvalue weighted by Gasteiger charge is -2.01. The Kier molecular flexibility index (Phi) is 5.11. The molecule has 0 saturated carbocycles. The fourth-order valence-electron chi connectivity index (χ4n) is 1.81. The van der Waals surface area contributed by atoms with Gasteiger partial charge in [-0.25, -0.2) is 4.79 Å². The number of aromatic nitrogens is 1. The molecule has 0 atom stereocenters. The number of thiazole rings is 1. The summed E-state index contributed by atoms with van der Waals surface area (Å²) in [6.45, 7) is 4.26. The van der Waals surface area contributed by atoms with E-state index >= 15 is 0 Å². The minimum Gasteiger partial charge on any atom is -0.493 e. The molecule has 0 saturated heterocycles. The Morgan fingerprint density at radius 3 is 2.59 bits per heavy atom. The summed E-state index contributed by atoms with van der Waals surface area (Å²) in [6, 6.07) is 6.56. The molecule has 1 heterocycles. The Hall–Kier alpha value is -2.41. The summed E-state index contributed by atoms with van der Waals surface area (Å²) in [4.78, 5) is 27.5. The largest absolute Gasteiger partial charge is 0.493 e. The molecule has 0 aliphatic heterocycles. The zero-order valence-corrected chi connectivity index (χ0v) is 13.1. The molecule has 1 aromatic heterocycles. The predicted molar refractivity (Wildman–Crippen MR) is 85.6 cm³/mol. The second kappa shape index (κ2) is 7.04. The Balaban J connectivity index is 2.17. The van der Waals surface area contributed by atoms with Crippen LogP contribution in [0.4, 0.5) is 5.69 Å². The summed E-state index contributed by atoms with van der Waals surface area (Å²) in [6.07, 6.45) is 1.44. The van der Waals surface area contributed by atoms with Crippen LogP contribution in [0.15, 0.2) is 34.1 Å². The number of hydrogen-bond donors (Lipinski definition) is 1. The lowest BCUT2D eigenvalue weighted by molar-refractivity contribution is 0.0526. The Bertz CT molecular complexity index is 744. The number of carbonyl (C=O) groups excluding carboxylic acids is 1. The van der Waals surface area contributed by atoms with Gasteiger partial charge in [-0.15, -0.1) is 0 Å². The number of aliphatic imine (C=N–C) groups is 1. The molecule has 0 amide bonds. The number of esters is 1. The van der Waals surface area contributed by atoms with E-state index in [1.807, 2.05) is 0 Å². The molecule has 6 nitrogen and oxygen atoms in total. The minimum atomic E-state index is -0.381. The SMILES string of the molecule is CCOC(=O)c1ccc(N=Cc2sc(=O)n(CC)c2O)cc1. The predicted octanol–water partition coefficient (Wildman–Crippen LogP) is 2.56. The molecule has 0 aliphatic carbocycles. The van der Waals surface area contributed by atoms with Gasteiger partial charge in [0.1, 0.15) is 4.88 Å². The second-order valence-corrected chi connectivity index (χ2v) is 5.32. The van der Waals surface area contributed by atoms with Crippen molar-refractivity contribution in [2.45, 2.75) is 20.4 Å². The maximum absolute atomic E-state index is 11.6. The van der Waals surface area contributed by atoms with Gasteiger partial charge in [0.05, 0.1) is 24.1 Å². The van der Waals surface area contributed by atoms with E-state index in [4.69, 9.17) is 4.74 Å². The number of ether oxygens (including phenoxy) is 1. The van der Waals surface area contributed by atoms with Crippen LogP contribution >= 0.6 is 11.3 Å². The van der Waals surface area contributed by atoms with Crippen LogP contribution in [-0.2, 0) is 11.3 Å². The normalized spacial score (nSPS) is 11.0. The van der Waals surface area contributed by atoms with Crippen LogP contribution in [0.2, 0.25) is 0 Å². The quantitative estimate of drug-likeness (QED) is 0.678. The molecule has 0 spiro atoms. The monoisotopic (exact) mass is 320 g/mol. The fraction of sp³-hybridized carbons (Fsp3) is 0.267. The van der Waals surface area contributed by atoms with E-state index in [1.54, 1.807) is 38.1 Å². The van der Waals surface area contributed by atoms with Crippen molar-refractivity contribution in [3.63, 3.8) is 0 Å². The number of nitrogens with zero attached hydrogens (tertiary/aromatic N) is 2. The molecule has 0 unspecified atom stereocenters. The first kappa shape index (κ1) is 16.0. The van der Waals surface area contributed by atoms with Gasteiger partial charge in [-0.3, -0.25) is 14.4 Å². The van der Waals surface area contributed by atoms with Crippen molar-refractivity contribution in [1.82, 2.24) is 4.57 Å². The second-order valence-electron chi connectivity index (χ2n) is 4.33. The number of hydrogen-bond acceptors (Lipinski definition) is 6. The van der Waals surface area contributed by atoms with Crippen LogP contribution in [0, 0.1) is 0 Å². The zero-order valence-electron chi connectivity index (χ0n) is 12.3. The van der Waals surface area contributed by atoms with Gasteiger partial charge >= 0.3 is 10.8 Å². The Morgan fingerprint density at radius 1 is 1.36 bits per heavy atom. The van der Waals surface area contributed by atoms with Crippen molar-refractivity contribution in [1.29, 1.82) is 0 Å². The summed E-state index contributed by atoms with van der Waals surface area (Å²) >= 11 is 0.933. The lowest BCUT2D eigenvalue weighted by Crippen LogP contribution is -2.09. The molecule has 0 radical (unpaired) electrons. The van der Waals surface area contributed by atoms with Gasteiger partial charge in [-0.05, 0) is 38.1 Å². The minimum absolute atomic E-state index is 0.0793. The molecule has 1 aromatic carbocycles. The Morgan fingerprint density at radius 2 is 2.05 bits per heavy atom. The van der Waals surface area contributed by atoms with Crippen LogP contribution in [0.5, 0.6) is 5.88 Å². The lowest BCUT2D eigenvalue weighted by atomic mass is 10.2. The smallest absolute Gasteiger partial charge is 0.338 e. The van der Waals surface area contributed by atoms with E-state index in [1.165, 1.54) is 10.8 Å². The van der Waals surface area contributed by atoms with Crippen molar-refractivity contribution < 1.29 is 14.6 Å². The highest BCUT2D eigenvalue weighted by atomic mass is 32.1. The highest BCUT2D eigenvalue weighted by Gasteiger charge is 2.10. The molecule has 2 aromatic rings. The molecule has 0 aliphatic rings. The van der Waals surface area contributed by atoms with E-state index < -0.39 is 0 Å². The van der Waals surface area contributed by atoms with Crippen LogP contribution in [0.25, 0.3) is 0 Å². The number of aromatic hydroxyl groups is 1. The van der Waals surface area contributed by atoms with Gasteiger partial charge in [0, 0.05) is 6.54 Å². The number of rotatable bonds is 5. The third-order valence-corrected chi connectivity index (χ3v) is 3.82. The first-order chi connectivity index (χ1) is 10.6. The average molecular weight is 320 g/mol. The maximum Gasteiger partial charge on any atom is 0.338 e. The van der Waals surface area contributed by atoms with E-state index in [9.17, 15) is 14.7 Å². The molecule has 0 fully saturated rings. The van der Waals surface area contributed by atoms with Crippen LogP contribution in [-0.4, -0.2) is 28.5 Å². The molecule has 7 heteroatoms. The molecular weight excluding hydrogens is 304 g/mol. The van der Waals surface area contributed by atoms with E-state index in [0.717, 1.165) is 11.3 Å². The van der Waals surface area contributed by atoms with Crippen molar-refractivity contribution in [2.75, 3.05) is 6.61 Å². The van der Waals surface area contributed by atoms with Gasteiger partial charge in [0.2, 0.25) is 5.88 Å². The summed E-state index contributed by atoms with van der Waals surface area (Å²) in [7, 11) is 0. The Labute approximate surface area is 131 Å². The van der Waals surface area contributed by atoms with Crippen molar-refractivity contribution in [3.8, 4) is 5.88 Å². The van der Waals surface area contributed by atoms with Crippen molar-refractivity contribution >= 4 is 29.2 Å². The van der Waals surface area contributed by atoms with E-state index in [-0.39, 0.29) is 16.7 Å². The molecule has 22 heavy (non-hydrogen) atoms. The van der Waals surface area contributed by atoms with Gasteiger partial charge < -0.3 is 9.84 Å². The topological polar surface area (TPSA) is 80.9 Å². The van der Waals surface area contributed by atoms with Crippen LogP contribution in [0.1, 0.15) is 29.1 Å². The third-order valence-electron chi connectivity index (χ3n) is 2.92. The molecule has 2 rings (SSSR count). The molecule has 1 N–H and O–H groups in total. The first-order valence-electron chi connectivity index (χ1n) is 6.80. The standard InChI is InChI=1S/C15H16N2O4S/c1-3-17-13(18)12(22-15(17)20)9-16-11-7-5-10(6-8-11)14(19)21-4-2/h5-9,18H,3-4H2,1-2H3. The van der Waals surface area contributed by atoms with Crippen molar-refractivity contribution in [3.05, 3.63) is 44.4 Å². The molecule has 0 bridgehead atoms. The van der Waals surface area contributed by atoms with Gasteiger partial charge in [-0.2, -0.15) is 0 Å². The summed E-state index contributed by atoms with van der Waals surface area (Å²) < 4.78 is 6.17. The van der Waals surface area contributed by atoms with E-state index in [0.29, 0.717) is 29.3 Å². The van der Waals surface area contributed by atoms with Crippen molar-refractivity contribution in [2.24, 2.45) is 4.99 Å². The van der Waals surface area contributed by atoms with Crippen LogP contribution in [0.3, 0.4) is 0 Å². The zero-order chi connectivity index (χ0) is 16.1. The van der Waals surface area contributed by atoms with Crippen LogP contribution < -0.4 is 4.87 Å². The summed E-state index contributed by atoms with van der Waals surface area (Å²) in [5, 5.41) is 9.88. The number of benzene rings is 1. The highest BCUT2D eigenvalue weighted by Crippen LogP contribution is 2.19. The first-order valence-corrected chi connectivity index (χ1v) is 7.62. The van der Waals surface area contributed by atoms with Gasteiger partial charge in [-0.1, -0.05) is 11.3 Å². The maximum atomic E-state index is 11.6. The summed E-state index contributed by atoms with van der Waals surface area (Å²) in [5.74, 6) is -0.460. The number of carbonyl (C=O) groups is 1. The van der Waals surface area contributed by atoms with E-state index in [2.05, 4.69) is 4.99 Å². The van der Waals surface area contributed by atoms with Gasteiger partial charge in [0.25, 0.3) is 0 Å².